The molecule has 1 saturated carbocycles. The van der Waals surface area contributed by atoms with Crippen molar-refractivity contribution in [2.45, 2.75) is 45.6 Å². The highest BCUT2D eigenvalue weighted by atomic mass is 15.3. The zero-order valence-corrected chi connectivity index (χ0v) is 14.5. The summed E-state index contributed by atoms with van der Waals surface area (Å²) in [6.07, 6.45) is 6.69. The highest BCUT2D eigenvalue weighted by Crippen LogP contribution is 2.22. The summed E-state index contributed by atoms with van der Waals surface area (Å²) in [5.74, 6) is 1.31. The van der Waals surface area contributed by atoms with E-state index in [9.17, 15) is 0 Å². The fraction of sp³-hybridized carbons (Fsp3) is 0.500. The van der Waals surface area contributed by atoms with E-state index < -0.39 is 0 Å². The van der Waals surface area contributed by atoms with E-state index in [1.807, 2.05) is 12.1 Å². The number of nitrogens with one attached hydrogen (secondary N) is 2. The fourth-order valence-electron chi connectivity index (χ4n) is 3.18. The van der Waals surface area contributed by atoms with Crippen LogP contribution in [-0.4, -0.2) is 34.3 Å². The van der Waals surface area contributed by atoms with Crippen molar-refractivity contribution in [1.29, 1.82) is 0 Å². The van der Waals surface area contributed by atoms with Crippen LogP contribution >= 0.6 is 0 Å². The second-order valence-corrected chi connectivity index (χ2v) is 6.14. The minimum atomic E-state index is 0.517. The number of rotatable bonds is 7. The highest BCUT2D eigenvalue weighted by molar-refractivity contribution is 5.59. The molecular weight excluding hydrogens is 300 g/mol. The summed E-state index contributed by atoms with van der Waals surface area (Å²) >= 11 is 0. The van der Waals surface area contributed by atoms with Crippen LogP contribution in [0.3, 0.4) is 0 Å². The SMILES string of the molecule is CCN(CC)c1ccc(Nc2nncc(NC3CCCC3)n2)cc1. The molecule has 0 saturated heterocycles. The lowest BCUT2D eigenvalue weighted by molar-refractivity contribution is 0.747. The molecule has 1 aliphatic rings. The number of hydrogen-bond donors (Lipinski definition) is 2. The Kier molecular flexibility index (Phi) is 5.46. The second-order valence-electron chi connectivity index (χ2n) is 6.14. The Balaban J connectivity index is 1.64. The summed E-state index contributed by atoms with van der Waals surface area (Å²) in [6, 6.07) is 8.84. The van der Waals surface area contributed by atoms with Crippen molar-refractivity contribution in [3.63, 3.8) is 0 Å². The number of hydrogen-bond acceptors (Lipinski definition) is 6. The quantitative estimate of drug-likeness (QED) is 0.806. The van der Waals surface area contributed by atoms with E-state index in [0.29, 0.717) is 12.0 Å². The van der Waals surface area contributed by atoms with Gasteiger partial charge in [-0.3, -0.25) is 0 Å². The predicted octanol–water partition coefficient (Wildman–Crippen LogP) is 3.82. The van der Waals surface area contributed by atoms with Gasteiger partial charge in [0.1, 0.15) is 0 Å². The maximum Gasteiger partial charge on any atom is 0.249 e. The molecule has 0 radical (unpaired) electrons. The zero-order chi connectivity index (χ0) is 16.8. The third-order valence-corrected chi connectivity index (χ3v) is 4.52. The first-order valence-electron chi connectivity index (χ1n) is 8.86. The van der Waals surface area contributed by atoms with Gasteiger partial charge >= 0.3 is 0 Å². The van der Waals surface area contributed by atoms with Crippen LogP contribution in [0.2, 0.25) is 0 Å². The summed E-state index contributed by atoms with van der Waals surface area (Å²) in [4.78, 5) is 6.83. The molecule has 1 aliphatic carbocycles. The van der Waals surface area contributed by atoms with Crippen LogP contribution in [0.5, 0.6) is 0 Å². The van der Waals surface area contributed by atoms with Crippen molar-refractivity contribution < 1.29 is 0 Å². The first-order chi connectivity index (χ1) is 11.8. The van der Waals surface area contributed by atoms with Gasteiger partial charge in [-0.25, -0.2) is 0 Å². The Morgan fingerprint density at radius 1 is 1.08 bits per heavy atom. The first kappa shape index (κ1) is 16.5. The Bertz CT molecular complexity index is 632. The molecule has 2 N–H and O–H groups in total. The summed E-state index contributed by atoms with van der Waals surface area (Å²) in [5, 5.41) is 14.8. The molecule has 1 aromatic heterocycles. The maximum atomic E-state index is 4.52. The fourth-order valence-corrected chi connectivity index (χ4v) is 3.18. The van der Waals surface area contributed by atoms with E-state index in [1.54, 1.807) is 6.20 Å². The van der Waals surface area contributed by atoms with Crippen molar-refractivity contribution in [3.8, 4) is 0 Å². The maximum absolute atomic E-state index is 4.52. The molecule has 6 heteroatoms. The summed E-state index contributed by atoms with van der Waals surface area (Å²) in [5.41, 5.74) is 2.19. The molecule has 24 heavy (non-hydrogen) atoms. The van der Waals surface area contributed by atoms with Gasteiger partial charge < -0.3 is 15.5 Å². The van der Waals surface area contributed by atoms with Crippen molar-refractivity contribution >= 4 is 23.1 Å². The third kappa shape index (κ3) is 4.13. The predicted molar refractivity (Wildman–Crippen MR) is 99.0 cm³/mol. The normalized spacial score (nSPS) is 14.6. The lowest BCUT2D eigenvalue weighted by Gasteiger charge is -2.21. The van der Waals surface area contributed by atoms with E-state index in [1.165, 1.54) is 31.4 Å². The van der Waals surface area contributed by atoms with Crippen LogP contribution in [0, 0.1) is 0 Å². The highest BCUT2D eigenvalue weighted by Gasteiger charge is 2.15. The van der Waals surface area contributed by atoms with Crippen molar-refractivity contribution in [1.82, 2.24) is 15.2 Å². The minimum Gasteiger partial charge on any atom is -0.372 e. The zero-order valence-electron chi connectivity index (χ0n) is 14.5. The molecule has 128 valence electrons. The van der Waals surface area contributed by atoms with Crippen molar-refractivity contribution in [2.24, 2.45) is 0 Å². The Labute approximate surface area is 143 Å². The van der Waals surface area contributed by atoms with Gasteiger partial charge in [-0.05, 0) is 51.0 Å². The van der Waals surface area contributed by atoms with E-state index in [2.05, 4.69) is 56.7 Å². The Morgan fingerprint density at radius 2 is 1.79 bits per heavy atom. The molecule has 1 aromatic carbocycles. The molecule has 1 heterocycles. The monoisotopic (exact) mass is 326 g/mol. The van der Waals surface area contributed by atoms with Crippen LogP contribution < -0.4 is 15.5 Å². The van der Waals surface area contributed by atoms with Crippen LogP contribution in [-0.2, 0) is 0 Å². The number of benzene rings is 1. The number of nitrogens with zero attached hydrogens (tertiary/aromatic N) is 4. The van der Waals surface area contributed by atoms with E-state index in [0.717, 1.165) is 24.6 Å². The molecule has 3 rings (SSSR count). The smallest absolute Gasteiger partial charge is 0.249 e. The summed E-state index contributed by atoms with van der Waals surface area (Å²) < 4.78 is 0. The van der Waals surface area contributed by atoms with Crippen LogP contribution in [0.1, 0.15) is 39.5 Å². The van der Waals surface area contributed by atoms with Crippen LogP contribution in [0.4, 0.5) is 23.1 Å². The topological polar surface area (TPSA) is 66.0 Å². The van der Waals surface area contributed by atoms with Gasteiger partial charge in [0.15, 0.2) is 5.82 Å². The molecule has 0 atom stereocenters. The number of anilines is 4. The van der Waals surface area contributed by atoms with Gasteiger partial charge in [0.2, 0.25) is 5.95 Å². The minimum absolute atomic E-state index is 0.517. The lowest BCUT2D eigenvalue weighted by atomic mass is 10.2. The van der Waals surface area contributed by atoms with Gasteiger partial charge in [0.25, 0.3) is 0 Å². The van der Waals surface area contributed by atoms with Gasteiger partial charge in [0, 0.05) is 30.5 Å². The summed E-state index contributed by atoms with van der Waals surface area (Å²) in [7, 11) is 0. The average molecular weight is 326 g/mol. The second kappa shape index (κ2) is 7.95. The van der Waals surface area contributed by atoms with E-state index >= 15 is 0 Å². The average Bonchev–Trinajstić information content (AvgIpc) is 3.11. The number of aromatic nitrogens is 3. The molecule has 6 nitrogen and oxygen atoms in total. The van der Waals surface area contributed by atoms with E-state index in [-0.39, 0.29) is 0 Å². The van der Waals surface area contributed by atoms with Gasteiger partial charge in [0.05, 0.1) is 6.20 Å². The summed E-state index contributed by atoms with van der Waals surface area (Å²) in [6.45, 7) is 6.34. The molecule has 0 amide bonds. The van der Waals surface area contributed by atoms with Gasteiger partial charge in [-0.2, -0.15) is 10.1 Å². The van der Waals surface area contributed by atoms with Gasteiger partial charge in [-0.15, -0.1) is 5.10 Å². The lowest BCUT2D eigenvalue weighted by Crippen LogP contribution is -2.21. The van der Waals surface area contributed by atoms with Gasteiger partial charge in [-0.1, -0.05) is 12.8 Å². The molecule has 0 aliphatic heterocycles. The van der Waals surface area contributed by atoms with E-state index in [4.69, 9.17) is 0 Å². The molecule has 0 spiro atoms. The third-order valence-electron chi connectivity index (χ3n) is 4.52. The Morgan fingerprint density at radius 3 is 2.46 bits per heavy atom. The Hall–Kier alpha value is -2.37. The largest absolute Gasteiger partial charge is 0.372 e. The van der Waals surface area contributed by atoms with Crippen molar-refractivity contribution in [3.05, 3.63) is 30.5 Å². The molecule has 0 bridgehead atoms. The molecule has 1 fully saturated rings. The van der Waals surface area contributed by atoms with Crippen LogP contribution in [0.25, 0.3) is 0 Å². The molecule has 0 unspecified atom stereocenters. The first-order valence-corrected chi connectivity index (χ1v) is 8.86. The van der Waals surface area contributed by atoms with Crippen LogP contribution in [0.15, 0.2) is 30.5 Å². The molecular formula is C18H26N6. The molecule has 2 aromatic rings. The van der Waals surface area contributed by atoms with Crippen molar-refractivity contribution in [2.75, 3.05) is 28.6 Å². The standard InChI is InChI=1S/C18H26N6/c1-3-24(4-2)16-11-9-15(10-12-16)21-18-22-17(13-19-23-18)20-14-7-5-6-8-14/h9-14H,3-8H2,1-2H3,(H2,20,21,22,23).